The Morgan fingerprint density at radius 2 is 2.14 bits per heavy atom. The van der Waals surface area contributed by atoms with Crippen molar-refractivity contribution in [1.29, 1.82) is 0 Å². The molecule has 1 aromatic carbocycles. The van der Waals surface area contributed by atoms with E-state index in [2.05, 4.69) is 57.7 Å². The molecule has 1 aliphatic rings. The van der Waals surface area contributed by atoms with E-state index in [-0.39, 0.29) is 5.54 Å². The molecular formula is C19H29NO2. The molecule has 0 spiro atoms. The summed E-state index contributed by atoms with van der Waals surface area (Å²) in [6.07, 6.45) is 3.66. The largest absolute Gasteiger partial charge is 0.480 e. The molecule has 0 fully saturated rings. The summed E-state index contributed by atoms with van der Waals surface area (Å²) in [5.41, 5.74) is 3.48. The predicted octanol–water partition coefficient (Wildman–Crippen LogP) is 4.73. The van der Waals surface area contributed by atoms with E-state index in [1.165, 1.54) is 11.1 Å². The van der Waals surface area contributed by atoms with Crippen molar-refractivity contribution in [2.75, 3.05) is 4.90 Å². The first-order chi connectivity index (χ1) is 10.3. The lowest BCUT2D eigenvalue weighted by Gasteiger charge is -2.50. The summed E-state index contributed by atoms with van der Waals surface area (Å²) in [6, 6.07) is 5.90. The molecule has 0 aliphatic carbocycles. The number of carboxylic acids is 1. The van der Waals surface area contributed by atoms with Gasteiger partial charge in [-0.05, 0) is 50.7 Å². The number of hydrogen-bond acceptors (Lipinski definition) is 2. The van der Waals surface area contributed by atoms with Crippen molar-refractivity contribution in [3.63, 3.8) is 0 Å². The fourth-order valence-electron chi connectivity index (χ4n) is 4.01. The second-order valence-corrected chi connectivity index (χ2v) is 7.30. The Bertz CT molecular complexity index is 550. The highest BCUT2D eigenvalue weighted by molar-refractivity contribution is 5.81. The Labute approximate surface area is 134 Å². The maximum absolute atomic E-state index is 12.0. The number of hydrogen-bond donors (Lipinski definition) is 1. The van der Waals surface area contributed by atoms with Crippen molar-refractivity contribution in [1.82, 2.24) is 0 Å². The highest BCUT2D eigenvalue weighted by atomic mass is 16.4. The number of carboxylic acid groups (broad SMARTS) is 1. The molecule has 22 heavy (non-hydrogen) atoms. The van der Waals surface area contributed by atoms with Crippen LogP contribution < -0.4 is 4.90 Å². The summed E-state index contributed by atoms with van der Waals surface area (Å²) in [6.45, 7) is 10.8. The van der Waals surface area contributed by atoms with Crippen LogP contribution in [0.4, 0.5) is 5.69 Å². The Morgan fingerprint density at radius 1 is 1.45 bits per heavy atom. The van der Waals surface area contributed by atoms with Crippen LogP contribution >= 0.6 is 0 Å². The molecule has 2 rings (SSSR count). The van der Waals surface area contributed by atoms with Crippen LogP contribution in [0.3, 0.4) is 0 Å². The van der Waals surface area contributed by atoms with Gasteiger partial charge in [0.15, 0.2) is 0 Å². The van der Waals surface area contributed by atoms with E-state index >= 15 is 0 Å². The third-order valence-electron chi connectivity index (χ3n) is 4.93. The Morgan fingerprint density at radius 3 is 2.73 bits per heavy atom. The maximum Gasteiger partial charge on any atom is 0.326 e. The quantitative estimate of drug-likeness (QED) is 0.854. The highest BCUT2D eigenvalue weighted by Gasteiger charge is 2.42. The normalized spacial score (nSPS) is 21.3. The van der Waals surface area contributed by atoms with Gasteiger partial charge in [0, 0.05) is 11.2 Å². The van der Waals surface area contributed by atoms with Crippen LogP contribution in [0.5, 0.6) is 0 Å². The number of fused-ring (bicyclic) bond motifs is 1. The molecular weight excluding hydrogens is 274 g/mol. The third kappa shape index (κ3) is 2.99. The van der Waals surface area contributed by atoms with Gasteiger partial charge < -0.3 is 10.0 Å². The summed E-state index contributed by atoms with van der Waals surface area (Å²) in [5.74, 6) is -0.243. The molecule has 2 unspecified atom stereocenters. The fraction of sp³-hybridized carbons (Fsp3) is 0.632. The predicted molar refractivity (Wildman–Crippen MR) is 91.7 cm³/mol. The summed E-state index contributed by atoms with van der Waals surface area (Å²) < 4.78 is 0. The van der Waals surface area contributed by atoms with Gasteiger partial charge in [0.2, 0.25) is 0 Å². The average molecular weight is 303 g/mol. The summed E-state index contributed by atoms with van der Waals surface area (Å²) in [7, 11) is 0. The molecule has 0 aromatic heterocycles. The minimum atomic E-state index is -0.703. The minimum Gasteiger partial charge on any atom is -0.480 e. The first kappa shape index (κ1) is 16.9. The van der Waals surface area contributed by atoms with Gasteiger partial charge >= 0.3 is 5.97 Å². The second-order valence-electron chi connectivity index (χ2n) is 7.30. The van der Waals surface area contributed by atoms with Gasteiger partial charge in [-0.1, -0.05) is 44.9 Å². The van der Waals surface area contributed by atoms with E-state index in [4.69, 9.17) is 0 Å². The number of rotatable bonds is 5. The molecule has 0 radical (unpaired) electrons. The Kier molecular flexibility index (Phi) is 4.84. The number of aliphatic carboxylic acids is 1. The zero-order valence-electron chi connectivity index (χ0n) is 14.5. The van der Waals surface area contributed by atoms with Crippen LogP contribution in [-0.4, -0.2) is 22.7 Å². The van der Waals surface area contributed by atoms with Crippen molar-refractivity contribution < 1.29 is 9.90 Å². The van der Waals surface area contributed by atoms with Crippen LogP contribution in [0.2, 0.25) is 0 Å². The van der Waals surface area contributed by atoms with Gasteiger partial charge in [-0.2, -0.15) is 0 Å². The zero-order chi connectivity index (χ0) is 16.5. The summed E-state index contributed by atoms with van der Waals surface area (Å²) >= 11 is 0. The minimum absolute atomic E-state index is 0.144. The SMILES string of the molecule is CCCCC(C(=O)O)N1c2c(C)cccc2C(C)CC1(C)C. The lowest BCUT2D eigenvalue weighted by molar-refractivity contribution is -0.139. The Balaban J connectivity index is 2.56. The topological polar surface area (TPSA) is 40.5 Å². The van der Waals surface area contributed by atoms with Gasteiger partial charge in [-0.25, -0.2) is 4.79 Å². The van der Waals surface area contributed by atoms with Gasteiger partial charge in [0.25, 0.3) is 0 Å². The van der Waals surface area contributed by atoms with Crippen LogP contribution in [0.1, 0.15) is 70.4 Å². The summed E-state index contributed by atoms with van der Waals surface area (Å²) in [5, 5.41) is 9.83. The number of nitrogens with zero attached hydrogens (tertiary/aromatic N) is 1. The number of anilines is 1. The number of para-hydroxylation sites is 1. The average Bonchev–Trinajstić information content (AvgIpc) is 2.42. The Hall–Kier alpha value is -1.51. The van der Waals surface area contributed by atoms with E-state index in [0.29, 0.717) is 12.3 Å². The van der Waals surface area contributed by atoms with E-state index in [9.17, 15) is 9.90 Å². The van der Waals surface area contributed by atoms with E-state index in [0.717, 1.165) is 24.9 Å². The molecule has 0 saturated heterocycles. The monoisotopic (exact) mass is 303 g/mol. The molecule has 1 aliphatic heterocycles. The lowest BCUT2D eigenvalue weighted by Crippen LogP contribution is -2.56. The fourth-order valence-corrected chi connectivity index (χ4v) is 4.01. The van der Waals surface area contributed by atoms with Crippen molar-refractivity contribution in [3.8, 4) is 0 Å². The molecule has 1 aromatic rings. The summed E-state index contributed by atoms with van der Waals surface area (Å²) in [4.78, 5) is 14.1. The number of benzene rings is 1. The van der Waals surface area contributed by atoms with Crippen LogP contribution in [0.15, 0.2) is 18.2 Å². The smallest absolute Gasteiger partial charge is 0.326 e. The van der Waals surface area contributed by atoms with Crippen LogP contribution in [0, 0.1) is 6.92 Å². The molecule has 3 nitrogen and oxygen atoms in total. The molecule has 122 valence electrons. The van der Waals surface area contributed by atoms with Crippen molar-refractivity contribution in [2.24, 2.45) is 0 Å². The molecule has 0 bridgehead atoms. The highest BCUT2D eigenvalue weighted by Crippen LogP contribution is 2.46. The van der Waals surface area contributed by atoms with Crippen molar-refractivity contribution >= 4 is 11.7 Å². The zero-order valence-corrected chi connectivity index (χ0v) is 14.5. The molecule has 1 heterocycles. The van der Waals surface area contributed by atoms with Crippen molar-refractivity contribution in [3.05, 3.63) is 29.3 Å². The first-order valence-corrected chi connectivity index (χ1v) is 8.41. The molecule has 1 N–H and O–H groups in total. The lowest BCUT2D eigenvalue weighted by atomic mass is 9.77. The second kappa shape index (κ2) is 6.31. The molecule has 3 heteroatoms. The molecule has 2 atom stereocenters. The van der Waals surface area contributed by atoms with Gasteiger partial charge in [-0.3, -0.25) is 0 Å². The van der Waals surface area contributed by atoms with E-state index in [1.54, 1.807) is 0 Å². The van der Waals surface area contributed by atoms with Gasteiger partial charge in [-0.15, -0.1) is 0 Å². The van der Waals surface area contributed by atoms with Crippen LogP contribution in [0.25, 0.3) is 0 Å². The third-order valence-corrected chi connectivity index (χ3v) is 4.93. The van der Waals surface area contributed by atoms with Crippen LogP contribution in [-0.2, 0) is 4.79 Å². The number of carbonyl (C=O) groups is 1. The molecule has 0 saturated carbocycles. The standard InChI is InChI=1S/C19H29NO2/c1-6-7-11-16(18(21)22)20-17-13(2)9-8-10-15(17)14(3)12-19(20,4)5/h8-10,14,16H,6-7,11-12H2,1-5H3,(H,21,22). The number of unbranched alkanes of at least 4 members (excludes halogenated alkanes) is 1. The number of aryl methyl sites for hydroxylation is 1. The van der Waals surface area contributed by atoms with Gasteiger partial charge in [0.1, 0.15) is 6.04 Å². The van der Waals surface area contributed by atoms with Crippen molar-refractivity contribution in [2.45, 2.75) is 77.8 Å². The van der Waals surface area contributed by atoms with Gasteiger partial charge in [0.05, 0.1) is 0 Å². The molecule has 0 amide bonds. The van der Waals surface area contributed by atoms with E-state index < -0.39 is 12.0 Å². The maximum atomic E-state index is 12.0. The van der Waals surface area contributed by atoms with E-state index in [1.807, 2.05) is 0 Å². The first-order valence-electron chi connectivity index (χ1n) is 8.41.